The number of carbonyl (C=O) groups excluding carboxylic acids is 3. The standard InChI is InChI=1S/C30H34N4O6/c1-4-6-16-39-25-13-11-23(12-14-25)33-29(36)30(37)34-31-19-22-10-15-26(27(18-22)38-5-2)40-20-28(35)32-24-9-7-8-21(3)17-24/h7-15,17-19H,4-6,16,20H2,1-3H3,(H,32,35)(H,33,36)(H,34,37)/b31-19-. The lowest BCUT2D eigenvalue weighted by atomic mass is 10.2. The zero-order chi connectivity index (χ0) is 28.7. The molecule has 3 aromatic rings. The van der Waals surface area contributed by atoms with Crippen LogP contribution >= 0.6 is 0 Å². The highest BCUT2D eigenvalue weighted by atomic mass is 16.5. The van der Waals surface area contributed by atoms with Gasteiger partial charge in [0.25, 0.3) is 5.91 Å². The van der Waals surface area contributed by atoms with E-state index in [4.69, 9.17) is 14.2 Å². The number of nitrogens with zero attached hydrogens (tertiary/aromatic N) is 1. The van der Waals surface area contributed by atoms with Gasteiger partial charge in [0.15, 0.2) is 18.1 Å². The molecule has 0 aliphatic heterocycles. The molecule has 3 N–H and O–H groups in total. The summed E-state index contributed by atoms with van der Waals surface area (Å²) in [6.07, 6.45) is 3.36. The monoisotopic (exact) mass is 546 g/mol. The number of hydrogen-bond acceptors (Lipinski definition) is 7. The predicted molar refractivity (Wildman–Crippen MR) is 154 cm³/mol. The minimum absolute atomic E-state index is 0.207. The van der Waals surface area contributed by atoms with Crippen LogP contribution in [-0.4, -0.2) is 43.8 Å². The maximum atomic E-state index is 12.3. The number of ether oxygens (including phenoxy) is 3. The molecular formula is C30H34N4O6. The fourth-order valence-electron chi connectivity index (χ4n) is 3.43. The van der Waals surface area contributed by atoms with Crippen molar-refractivity contribution in [1.29, 1.82) is 0 Å². The molecule has 0 saturated carbocycles. The van der Waals surface area contributed by atoms with Gasteiger partial charge in [-0.25, -0.2) is 5.43 Å². The van der Waals surface area contributed by atoms with Crippen LogP contribution < -0.4 is 30.3 Å². The number of rotatable bonds is 13. The van der Waals surface area contributed by atoms with Crippen molar-refractivity contribution in [2.75, 3.05) is 30.5 Å². The Kier molecular flexibility index (Phi) is 11.5. The molecule has 0 spiro atoms. The van der Waals surface area contributed by atoms with E-state index < -0.39 is 11.8 Å². The summed E-state index contributed by atoms with van der Waals surface area (Å²) in [6.45, 7) is 6.63. The van der Waals surface area contributed by atoms with Crippen LogP contribution in [0.5, 0.6) is 17.2 Å². The number of nitrogens with one attached hydrogen (secondary N) is 3. The van der Waals surface area contributed by atoms with Crippen molar-refractivity contribution in [3.05, 3.63) is 77.9 Å². The number of hydrazone groups is 1. The molecule has 210 valence electrons. The summed E-state index contributed by atoms with van der Waals surface area (Å²) in [6, 6.07) is 19.2. The minimum Gasteiger partial charge on any atom is -0.494 e. The fourth-order valence-corrected chi connectivity index (χ4v) is 3.43. The van der Waals surface area contributed by atoms with E-state index in [-0.39, 0.29) is 12.5 Å². The molecule has 0 aromatic heterocycles. The summed E-state index contributed by atoms with van der Waals surface area (Å²) >= 11 is 0. The number of anilines is 2. The first-order valence-corrected chi connectivity index (χ1v) is 13.0. The van der Waals surface area contributed by atoms with Crippen molar-refractivity contribution in [2.24, 2.45) is 5.10 Å². The highest BCUT2D eigenvalue weighted by Gasteiger charge is 2.13. The first kappa shape index (κ1) is 29.7. The molecule has 0 radical (unpaired) electrons. The second kappa shape index (κ2) is 15.5. The molecule has 10 heteroatoms. The molecule has 0 fully saturated rings. The molecule has 0 saturated heterocycles. The highest BCUT2D eigenvalue weighted by molar-refractivity contribution is 6.39. The SMILES string of the molecule is CCCCOc1ccc(NC(=O)C(=O)N/N=C\c2ccc(OCC(=O)Nc3cccc(C)c3)c(OCC)c2)cc1. The average Bonchev–Trinajstić information content (AvgIpc) is 2.94. The molecule has 3 rings (SSSR count). The second-order valence-corrected chi connectivity index (χ2v) is 8.73. The predicted octanol–water partition coefficient (Wildman–Crippen LogP) is 4.68. The van der Waals surface area contributed by atoms with Gasteiger partial charge in [0.05, 0.1) is 19.4 Å². The molecule has 3 aromatic carbocycles. The zero-order valence-corrected chi connectivity index (χ0v) is 22.9. The topological polar surface area (TPSA) is 127 Å². The summed E-state index contributed by atoms with van der Waals surface area (Å²) in [5.74, 6) is -0.627. The lowest BCUT2D eigenvalue weighted by molar-refractivity contribution is -0.136. The van der Waals surface area contributed by atoms with E-state index >= 15 is 0 Å². The third-order valence-electron chi connectivity index (χ3n) is 5.39. The molecular weight excluding hydrogens is 512 g/mol. The Labute approximate surface area is 233 Å². The summed E-state index contributed by atoms with van der Waals surface area (Å²) in [7, 11) is 0. The number of hydrogen-bond donors (Lipinski definition) is 3. The fraction of sp³-hybridized carbons (Fsp3) is 0.267. The van der Waals surface area contributed by atoms with Crippen LogP contribution in [-0.2, 0) is 14.4 Å². The van der Waals surface area contributed by atoms with Crippen LogP contribution in [0, 0.1) is 6.92 Å². The molecule has 0 bridgehead atoms. The number of benzene rings is 3. The Morgan fingerprint density at radius 2 is 1.62 bits per heavy atom. The molecule has 0 heterocycles. The molecule has 0 aliphatic carbocycles. The van der Waals surface area contributed by atoms with Gasteiger partial charge >= 0.3 is 11.8 Å². The van der Waals surface area contributed by atoms with Gasteiger partial charge in [-0.15, -0.1) is 0 Å². The summed E-state index contributed by atoms with van der Waals surface area (Å²) in [4.78, 5) is 36.6. The first-order chi connectivity index (χ1) is 19.4. The summed E-state index contributed by atoms with van der Waals surface area (Å²) < 4.78 is 16.9. The van der Waals surface area contributed by atoms with Gasteiger partial charge in [0.2, 0.25) is 0 Å². The number of amides is 3. The highest BCUT2D eigenvalue weighted by Crippen LogP contribution is 2.28. The Morgan fingerprint density at radius 3 is 2.35 bits per heavy atom. The van der Waals surface area contributed by atoms with Crippen LogP contribution in [0.2, 0.25) is 0 Å². The average molecular weight is 547 g/mol. The van der Waals surface area contributed by atoms with Crippen LogP contribution in [0.3, 0.4) is 0 Å². The number of carbonyl (C=O) groups is 3. The molecule has 0 unspecified atom stereocenters. The molecule has 40 heavy (non-hydrogen) atoms. The quantitative estimate of drug-likeness (QED) is 0.124. The van der Waals surface area contributed by atoms with Gasteiger partial charge in [-0.05, 0) is 86.0 Å². The maximum absolute atomic E-state index is 12.3. The van der Waals surface area contributed by atoms with Crippen molar-refractivity contribution < 1.29 is 28.6 Å². The Bertz CT molecular complexity index is 1320. The van der Waals surface area contributed by atoms with Crippen molar-refractivity contribution in [3.63, 3.8) is 0 Å². The van der Waals surface area contributed by atoms with E-state index in [2.05, 4.69) is 28.1 Å². The van der Waals surface area contributed by atoms with Crippen LogP contribution in [0.1, 0.15) is 37.8 Å². The van der Waals surface area contributed by atoms with E-state index in [1.165, 1.54) is 6.21 Å². The van der Waals surface area contributed by atoms with Gasteiger partial charge < -0.3 is 24.8 Å². The van der Waals surface area contributed by atoms with Crippen molar-refractivity contribution in [3.8, 4) is 17.2 Å². The summed E-state index contributed by atoms with van der Waals surface area (Å²) in [5.41, 5.74) is 4.96. The lowest BCUT2D eigenvalue weighted by Crippen LogP contribution is -2.32. The minimum atomic E-state index is -0.927. The Balaban J connectivity index is 1.50. The lowest BCUT2D eigenvalue weighted by Gasteiger charge is -2.13. The first-order valence-electron chi connectivity index (χ1n) is 13.0. The van der Waals surface area contributed by atoms with Crippen LogP contribution in [0.15, 0.2) is 71.8 Å². The molecule has 10 nitrogen and oxygen atoms in total. The molecule has 0 aliphatic rings. The maximum Gasteiger partial charge on any atom is 0.329 e. The Hall–Kier alpha value is -4.86. The van der Waals surface area contributed by atoms with E-state index in [9.17, 15) is 14.4 Å². The van der Waals surface area contributed by atoms with Crippen molar-refractivity contribution in [2.45, 2.75) is 33.6 Å². The van der Waals surface area contributed by atoms with E-state index in [1.807, 2.05) is 32.0 Å². The van der Waals surface area contributed by atoms with E-state index in [0.29, 0.717) is 47.4 Å². The van der Waals surface area contributed by atoms with Crippen molar-refractivity contribution in [1.82, 2.24) is 5.43 Å². The smallest absolute Gasteiger partial charge is 0.329 e. The largest absolute Gasteiger partial charge is 0.494 e. The van der Waals surface area contributed by atoms with E-state index in [0.717, 1.165) is 18.4 Å². The van der Waals surface area contributed by atoms with E-state index in [1.54, 1.807) is 48.5 Å². The van der Waals surface area contributed by atoms with Gasteiger partial charge in [-0.1, -0.05) is 25.5 Å². The summed E-state index contributed by atoms with van der Waals surface area (Å²) in [5, 5.41) is 9.15. The number of unbranched alkanes of at least 4 members (excludes halogenated alkanes) is 1. The third-order valence-corrected chi connectivity index (χ3v) is 5.39. The Morgan fingerprint density at radius 1 is 0.825 bits per heavy atom. The third kappa shape index (κ3) is 9.79. The van der Waals surface area contributed by atoms with Gasteiger partial charge in [0, 0.05) is 11.4 Å². The molecule has 3 amide bonds. The normalized spacial score (nSPS) is 10.6. The van der Waals surface area contributed by atoms with Crippen LogP contribution in [0.4, 0.5) is 11.4 Å². The van der Waals surface area contributed by atoms with Crippen LogP contribution in [0.25, 0.3) is 0 Å². The van der Waals surface area contributed by atoms with Gasteiger partial charge in [0.1, 0.15) is 5.75 Å². The van der Waals surface area contributed by atoms with Crippen molar-refractivity contribution >= 4 is 35.3 Å². The second-order valence-electron chi connectivity index (χ2n) is 8.73. The van der Waals surface area contributed by atoms with Gasteiger partial charge in [-0.2, -0.15) is 5.10 Å². The molecule has 0 atom stereocenters. The number of aryl methyl sites for hydroxylation is 1. The zero-order valence-electron chi connectivity index (χ0n) is 22.9. The van der Waals surface area contributed by atoms with Gasteiger partial charge in [-0.3, -0.25) is 14.4 Å².